The first kappa shape index (κ1) is 22.6. The summed E-state index contributed by atoms with van der Waals surface area (Å²) in [6.45, 7) is 6.20. The predicted molar refractivity (Wildman–Crippen MR) is 121 cm³/mol. The number of aromatic nitrogens is 1. The van der Waals surface area contributed by atoms with Crippen LogP contribution in [0.15, 0.2) is 46.3 Å². The SMILES string of the molecule is CCNC(=NCc1ccc(C)cc1SC)NCc1cccc(OC)n1.I. The largest absolute Gasteiger partial charge is 0.481 e. The number of guanidine groups is 1. The minimum atomic E-state index is 0. The average molecular weight is 486 g/mol. The maximum absolute atomic E-state index is 5.16. The Morgan fingerprint density at radius 3 is 2.73 bits per heavy atom. The molecule has 0 amide bonds. The minimum absolute atomic E-state index is 0. The Bertz CT molecular complexity index is 724. The number of rotatable bonds is 7. The van der Waals surface area contributed by atoms with Crippen molar-refractivity contribution in [2.75, 3.05) is 19.9 Å². The molecule has 1 heterocycles. The highest BCUT2D eigenvalue weighted by molar-refractivity contribution is 14.0. The quantitative estimate of drug-likeness (QED) is 0.268. The van der Waals surface area contributed by atoms with Crippen LogP contribution in [-0.2, 0) is 13.1 Å². The smallest absolute Gasteiger partial charge is 0.213 e. The molecule has 0 spiro atoms. The topological polar surface area (TPSA) is 58.5 Å². The predicted octanol–water partition coefficient (Wildman–Crippen LogP) is 3.99. The highest BCUT2D eigenvalue weighted by Gasteiger charge is 2.04. The first-order valence-electron chi connectivity index (χ1n) is 8.32. The van der Waals surface area contributed by atoms with E-state index in [1.54, 1.807) is 18.9 Å². The number of halogens is 1. The van der Waals surface area contributed by atoms with Gasteiger partial charge in [0.15, 0.2) is 5.96 Å². The van der Waals surface area contributed by atoms with Gasteiger partial charge in [0.25, 0.3) is 0 Å². The standard InChI is InChI=1S/C19H26N4OS.HI/c1-5-20-19(22-13-16-7-6-8-18(23-16)24-3)21-12-15-10-9-14(2)11-17(15)25-4;/h6-11H,5,12-13H2,1-4H3,(H2,20,21,22);1H. The van der Waals surface area contributed by atoms with Crippen LogP contribution >= 0.6 is 35.7 Å². The Hall–Kier alpha value is -1.48. The van der Waals surface area contributed by atoms with Gasteiger partial charge in [0.2, 0.25) is 5.88 Å². The number of methoxy groups -OCH3 is 1. The molecule has 1 aromatic carbocycles. The number of aliphatic imine (C=N–C) groups is 1. The Morgan fingerprint density at radius 2 is 2.04 bits per heavy atom. The van der Waals surface area contributed by atoms with E-state index in [0.29, 0.717) is 19.0 Å². The van der Waals surface area contributed by atoms with Crippen molar-refractivity contribution in [3.63, 3.8) is 0 Å². The van der Waals surface area contributed by atoms with Crippen LogP contribution in [0.3, 0.4) is 0 Å². The van der Waals surface area contributed by atoms with Crippen molar-refractivity contribution in [3.05, 3.63) is 53.2 Å². The molecule has 0 saturated heterocycles. The molecule has 2 N–H and O–H groups in total. The number of hydrogen-bond donors (Lipinski definition) is 2. The van der Waals surface area contributed by atoms with Gasteiger partial charge in [0.1, 0.15) is 0 Å². The van der Waals surface area contributed by atoms with E-state index in [4.69, 9.17) is 9.73 Å². The second-order valence-electron chi connectivity index (χ2n) is 5.54. The van der Waals surface area contributed by atoms with Crippen molar-refractivity contribution >= 4 is 41.7 Å². The molecule has 1 aromatic heterocycles. The lowest BCUT2D eigenvalue weighted by Gasteiger charge is -2.12. The van der Waals surface area contributed by atoms with E-state index in [1.165, 1.54) is 16.0 Å². The summed E-state index contributed by atoms with van der Waals surface area (Å²) in [6.07, 6.45) is 2.10. The first-order chi connectivity index (χ1) is 12.2. The summed E-state index contributed by atoms with van der Waals surface area (Å²) >= 11 is 1.75. The molecule has 0 saturated carbocycles. The summed E-state index contributed by atoms with van der Waals surface area (Å²) in [4.78, 5) is 10.4. The number of ether oxygens (including phenoxy) is 1. The third-order valence-electron chi connectivity index (χ3n) is 3.62. The molecule has 0 unspecified atom stereocenters. The third kappa shape index (κ3) is 7.03. The molecule has 5 nitrogen and oxygen atoms in total. The van der Waals surface area contributed by atoms with Gasteiger partial charge in [-0.2, -0.15) is 0 Å². The second kappa shape index (κ2) is 12.0. The third-order valence-corrected chi connectivity index (χ3v) is 4.44. The Morgan fingerprint density at radius 1 is 1.23 bits per heavy atom. The molecule has 26 heavy (non-hydrogen) atoms. The monoisotopic (exact) mass is 486 g/mol. The van der Waals surface area contributed by atoms with Crippen LogP contribution in [0.4, 0.5) is 0 Å². The number of hydrogen-bond acceptors (Lipinski definition) is 4. The maximum Gasteiger partial charge on any atom is 0.213 e. The summed E-state index contributed by atoms with van der Waals surface area (Å²) in [6, 6.07) is 12.2. The summed E-state index contributed by atoms with van der Waals surface area (Å²) < 4.78 is 5.16. The fourth-order valence-corrected chi connectivity index (χ4v) is 3.03. The van der Waals surface area contributed by atoms with Crippen LogP contribution in [-0.4, -0.2) is 30.9 Å². The van der Waals surface area contributed by atoms with Crippen LogP contribution in [0.1, 0.15) is 23.7 Å². The molecule has 2 aromatic rings. The van der Waals surface area contributed by atoms with E-state index < -0.39 is 0 Å². The van der Waals surface area contributed by atoms with Gasteiger partial charge < -0.3 is 15.4 Å². The van der Waals surface area contributed by atoms with Crippen molar-refractivity contribution < 1.29 is 4.74 Å². The van der Waals surface area contributed by atoms with Gasteiger partial charge in [0, 0.05) is 17.5 Å². The number of aryl methyl sites for hydroxylation is 1. The summed E-state index contributed by atoms with van der Waals surface area (Å²) in [5, 5.41) is 6.60. The number of thioether (sulfide) groups is 1. The zero-order valence-corrected chi connectivity index (χ0v) is 18.9. The molecule has 2 rings (SSSR count). The van der Waals surface area contributed by atoms with Crippen molar-refractivity contribution in [1.29, 1.82) is 0 Å². The fourth-order valence-electron chi connectivity index (χ4n) is 2.33. The van der Waals surface area contributed by atoms with E-state index in [-0.39, 0.29) is 24.0 Å². The van der Waals surface area contributed by atoms with Crippen LogP contribution in [0.25, 0.3) is 0 Å². The Balaban J connectivity index is 0.00000338. The molecule has 0 aliphatic carbocycles. The van der Waals surface area contributed by atoms with E-state index in [2.05, 4.69) is 53.9 Å². The normalized spacial score (nSPS) is 10.8. The lowest BCUT2D eigenvalue weighted by Crippen LogP contribution is -2.37. The second-order valence-corrected chi connectivity index (χ2v) is 6.38. The highest BCUT2D eigenvalue weighted by atomic mass is 127. The van der Waals surface area contributed by atoms with Gasteiger partial charge in [-0.15, -0.1) is 35.7 Å². The molecule has 0 aliphatic rings. The fraction of sp³-hybridized carbons (Fsp3) is 0.368. The maximum atomic E-state index is 5.16. The molecule has 0 radical (unpaired) electrons. The van der Waals surface area contributed by atoms with Gasteiger partial charge in [0.05, 0.1) is 25.9 Å². The Kier molecular flexibility index (Phi) is 10.4. The molecule has 0 bridgehead atoms. The van der Waals surface area contributed by atoms with E-state index >= 15 is 0 Å². The molecular formula is C19H27IN4OS. The average Bonchev–Trinajstić information content (AvgIpc) is 2.64. The minimum Gasteiger partial charge on any atom is -0.481 e. The lowest BCUT2D eigenvalue weighted by atomic mass is 10.1. The number of pyridine rings is 1. The summed E-state index contributed by atoms with van der Waals surface area (Å²) in [5.74, 6) is 1.39. The van der Waals surface area contributed by atoms with Gasteiger partial charge in [-0.25, -0.2) is 9.98 Å². The first-order valence-corrected chi connectivity index (χ1v) is 9.54. The molecular weight excluding hydrogens is 459 g/mol. The van der Waals surface area contributed by atoms with Crippen LogP contribution in [0.5, 0.6) is 5.88 Å². The van der Waals surface area contributed by atoms with E-state index in [1.807, 2.05) is 18.2 Å². The van der Waals surface area contributed by atoms with Crippen molar-refractivity contribution in [3.8, 4) is 5.88 Å². The number of nitrogens with zero attached hydrogens (tertiary/aromatic N) is 2. The van der Waals surface area contributed by atoms with Gasteiger partial charge in [-0.1, -0.05) is 18.2 Å². The summed E-state index contributed by atoms with van der Waals surface area (Å²) in [5.41, 5.74) is 3.41. The zero-order chi connectivity index (χ0) is 18.1. The van der Waals surface area contributed by atoms with Crippen molar-refractivity contribution in [1.82, 2.24) is 15.6 Å². The van der Waals surface area contributed by atoms with Crippen LogP contribution < -0.4 is 15.4 Å². The van der Waals surface area contributed by atoms with Crippen LogP contribution in [0, 0.1) is 6.92 Å². The number of benzene rings is 1. The molecule has 0 aliphatic heterocycles. The highest BCUT2D eigenvalue weighted by Crippen LogP contribution is 2.22. The molecule has 142 valence electrons. The van der Waals surface area contributed by atoms with Gasteiger partial charge >= 0.3 is 0 Å². The lowest BCUT2D eigenvalue weighted by molar-refractivity contribution is 0.396. The van der Waals surface area contributed by atoms with Crippen molar-refractivity contribution in [2.24, 2.45) is 4.99 Å². The van der Waals surface area contributed by atoms with E-state index in [9.17, 15) is 0 Å². The zero-order valence-electron chi connectivity index (χ0n) is 15.7. The van der Waals surface area contributed by atoms with Crippen LogP contribution in [0.2, 0.25) is 0 Å². The van der Waals surface area contributed by atoms with E-state index in [0.717, 1.165) is 18.2 Å². The number of nitrogens with one attached hydrogen (secondary N) is 2. The Labute approximate surface area is 177 Å². The van der Waals surface area contributed by atoms with Gasteiger partial charge in [-0.05, 0) is 43.4 Å². The van der Waals surface area contributed by atoms with Gasteiger partial charge in [-0.3, -0.25) is 0 Å². The molecule has 7 heteroatoms. The molecule has 0 atom stereocenters. The summed E-state index contributed by atoms with van der Waals surface area (Å²) in [7, 11) is 1.62. The van der Waals surface area contributed by atoms with Crippen molar-refractivity contribution in [2.45, 2.75) is 31.8 Å². The molecule has 0 fully saturated rings.